The Morgan fingerprint density at radius 3 is 2.88 bits per heavy atom. The summed E-state index contributed by atoms with van der Waals surface area (Å²) in [5.41, 5.74) is 1.86. The Kier molecular flexibility index (Phi) is 3.75. The fourth-order valence-electron chi connectivity index (χ4n) is 1.31. The van der Waals surface area contributed by atoms with Crippen molar-refractivity contribution >= 4 is 32.3 Å². The fraction of sp³-hybridized carbons (Fsp3) is 0.200. The van der Waals surface area contributed by atoms with E-state index >= 15 is 0 Å². The Hall–Kier alpha value is -0.690. The molecule has 16 heavy (non-hydrogen) atoms. The van der Waals surface area contributed by atoms with E-state index in [0.29, 0.717) is 0 Å². The molecule has 1 unspecified atom stereocenters. The molecule has 84 valence electrons. The van der Waals surface area contributed by atoms with E-state index in [0.717, 1.165) is 26.9 Å². The Balaban J connectivity index is 2.48. The molecule has 0 amide bonds. The summed E-state index contributed by atoms with van der Waals surface area (Å²) >= 11 is 6.35. The number of aromatic nitrogens is 2. The van der Waals surface area contributed by atoms with E-state index in [2.05, 4.69) is 9.97 Å². The van der Waals surface area contributed by atoms with Crippen LogP contribution in [0.2, 0.25) is 0 Å². The third-order valence-electron chi connectivity index (χ3n) is 2.06. The molecule has 0 bridgehead atoms. The number of hydrogen-bond acceptors (Lipinski definition) is 4. The van der Waals surface area contributed by atoms with E-state index in [1.807, 2.05) is 19.1 Å². The molecule has 0 fully saturated rings. The van der Waals surface area contributed by atoms with E-state index in [1.54, 1.807) is 12.4 Å². The van der Waals surface area contributed by atoms with Crippen molar-refractivity contribution in [1.82, 2.24) is 9.97 Å². The lowest BCUT2D eigenvalue weighted by atomic mass is 10.3. The maximum absolute atomic E-state index is 9.49. The minimum atomic E-state index is -1.12. The summed E-state index contributed by atoms with van der Waals surface area (Å²) < 4.78 is 10.3. The summed E-state index contributed by atoms with van der Waals surface area (Å²) in [6, 6.07) is 3.82. The average Bonchev–Trinajstić information content (AvgIpc) is 2.74. The van der Waals surface area contributed by atoms with Crippen LogP contribution in [0, 0.1) is 0 Å². The fourth-order valence-corrected chi connectivity index (χ4v) is 3.70. The van der Waals surface area contributed by atoms with Crippen LogP contribution in [0.15, 0.2) is 28.7 Å². The number of nitrogens with zero attached hydrogens (tertiary/aromatic N) is 2. The van der Waals surface area contributed by atoms with E-state index in [4.69, 9.17) is 11.2 Å². The van der Waals surface area contributed by atoms with E-state index in [1.165, 1.54) is 11.3 Å². The van der Waals surface area contributed by atoms with Crippen molar-refractivity contribution in [2.45, 2.75) is 17.6 Å². The second-order valence-corrected chi connectivity index (χ2v) is 6.21. The SMILES string of the molecule is CCc1nc(-c2cccnc2)sc1S(O)=S. The highest BCUT2D eigenvalue weighted by Gasteiger charge is 2.13. The van der Waals surface area contributed by atoms with Gasteiger partial charge in [-0.15, -0.1) is 11.3 Å². The molecule has 0 aliphatic carbocycles. The van der Waals surface area contributed by atoms with E-state index in [-0.39, 0.29) is 0 Å². The Bertz CT molecular complexity index is 510. The maximum Gasteiger partial charge on any atom is 0.126 e. The zero-order chi connectivity index (χ0) is 11.5. The van der Waals surface area contributed by atoms with Crippen LogP contribution in [0.1, 0.15) is 12.6 Å². The number of hydrogen-bond donors (Lipinski definition) is 1. The molecular formula is C10H10N2OS3. The molecular weight excluding hydrogens is 260 g/mol. The van der Waals surface area contributed by atoms with Crippen molar-refractivity contribution in [2.24, 2.45) is 0 Å². The van der Waals surface area contributed by atoms with Crippen LogP contribution >= 0.6 is 11.3 Å². The molecule has 3 nitrogen and oxygen atoms in total. The van der Waals surface area contributed by atoms with Gasteiger partial charge in [0.2, 0.25) is 0 Å². The van der Waals surface area contributed by atoms with Crippen molar-refractivity contribution in [3.63, 3.8) is 0 Å². The summed E-state index contributed by atoms with van der Waals surface area (Å²) in [6.07, 6.45) is 4.27. The van der Waals surface area contributed by atoms with E-state index in [9.17, 15) is 4.55 Å². The van der Waals surface area contributed by atoms with Crippen LogP contribution in [0.3, 0.4) is 0 Å². The van der Waals surface area contributed by atoms with Crippen LogP contribution in [0.5, 0.6) is 0 Å². The molecule has 0 spiro atoms. The standard InChI is InChI=1S/C10H10N2OS3/c1-2-8-10(16(13)14)15-9(12-8)7-4-3-5-11-6-7/h3-6H,2H2,1H3,(H,13,14). The minimum absolute atomic E-state index is 0.785. The molecule has 0 aliphatic heterocycles. The molecule has 6 heteroatoms. The number of rotatable bonds is 3. The summed E-state index contributed by atoms with van der Waals surface area (Å²) in [4.78, 5) is 8.53. The molecule has 2 heterocycles. The monoisotopic (exact) mass is 270 g/mol. The van der Waals surface area contributed by atoms with Crippen LogP contribution in [0.25, 0.3) is 10.6 Å². The first kappa shape index (κ1) is 11.8. The zero-order valence-electron chi connectivity index (χ0n) is 8.58. The molecule has 0 saturated heterocycles. The minimum Gasteiger partial charge on any atom is -0.323 e. The number of thiazole rings is 1. The quantitative estimate of drug-likeness (QED) is 0.931. The molecule has 0 aromatic carbocycles. The molecule has 1 N–H and O–H groups in total. The molecule has 1 atom stereocenters. The largest absolute Gasteiger partial charge is 0.323 e. The predicted molar refractivity (Wildman–Crippen MR) is 70.3 cm³/mol. The van der Waals surface area contributed by atoms with Gasteiger partial charge in [-0.1, -0.05) is 6.92 Å². The number of pyridine rings is 1. The second kappa shape index (κ2) is 5.09. The lowest BCUT2D eigenvalue weighted by Crippen LogP contribution is -1.89. The van der Waals surface area contributed by atoms with Crippen molar-refractivity contribution in [1.29, 1.82) is 0 Å². The van der Waals surface area contributed by atoms with Gasteiger partial charge in [-0.3, -0.25) is 4.98 Å². The van der Waals surface area contributed by atoms with Gasteiger partial charge in [0.1, 0.15) is 9.22 Å². The summed E-state index contributed by atoms with van der Waals surface area (Å²) in [6.45, 7) is 2.01. The lowest BCUT2D eigenvalue weighted by molar-refractivity contribution is 0.656. The first-order valence-electron chi connectivity index (χ1n) is 4.73. The van der Waals surface area contributed by atoms with Crippen molar-refractivity contribution in [3.05, 3.63) is 30.2 Å². The Morgan fingerprint density at radius 1 is 1.56 bits per heavy atom. The normalized spacial score (nSPS) is 12.6. The highest BCUT2D eigenvalue weighted by Crippen LogP contribution is 2.29. The first-order valence-corrected chi connectivity index (χ1v) is 7.65. The van der Waals surface area contributed by atoms with Crippen molar-refractivity contribution in [3.8, 4) is 10.6 Å². The van der Waals surface area contributed by atoms with Crippen molar-refractivity contribution in [2.75, 3.05) is 0 Å². The number of aryl methyl sites for hydroxylation is 1. The van der Waals surface area contributed by atoms with Gasteiger partial charge in [0, 0.05) is 27.7 Å². The molecule has 0 saturated carbocycles. The van der Waals surface area contributed by atoms with Crippen LogP contribution in [-0.4, -0.2) is 14.5 Å². The molecule has 2 aromatic rings. The third kappa shape index (κ3) is 2.35. The van der Waals surface area contributed by atoms with Crippen LogP contribution in [0.4, 0.5) is 0 Å². The smallest absolute Gasteiger partial charge is 0.126 e. The van der Waals surface area contributed by atoms with Gasteiger partial charge in [0.15, 0.2) is 0 Å². The first-order chi connectivity index (χ1) is 7.72. The van der Waals surface area contributed by atoms with E-state index < -0.39 is 9.74 Å². The third-order valence-corrected chi connectivity index (χ3v) is 5.10. The van der Waals surface area contributed by atoms with Crippen LogP contribution in [-0.2, 0) is 27.3 Å². The highest BCUT2D eigenvalue weighted by atomic mass is 32.8. The van der Waals surface area contributed by atoms with Gasteiger partial charge >= 0.3 is 0 Å². The van der Waals surface area contributed by atoms with Gasteiger partial charge in [-0.05, 0) is 29.7 Å². The average molecular weight is 270 g/mol. The van der Waals surface area contributed by atoms with Gasteiger partial charge in [-0.2, -0.15) is 0 Å². The van der Waals surface area contributed by atoms with Gasteiger partial charge in [0.25, 0.3) is 0 Å². The van der Waals surface area contributed by atoms with Crippen molar-refractivity contribution < 1.29 is 4.55 Å². The highest BCUT2D eigenvalue weighted by molar-refractivity contribution is 8.26. The molecule has 2 aromatic heterocycles. The lowest BCUT2D eigenvalue weighted by Gasteiger charge is -1.93. The van der Waals surface area contributed by atoms with Gasteiger partial charge in [0.05, 0.1) is 5.69 Å². The summed E-state index contributed by atoms with van der Waals surface area (Å²) in [5, 5.41) is 0.872. The maximum atomic E-state index is 9.49. The van der Waals surface area contributed by atoms with Crippen LogP contribution < -0.4 is 0 Å². The topological polar surface area (TPSA) is 46.0 Å². The molecule has 2 rings (SSSR count). The zero-order valence-corrected chi connectivity index (χ0v) is 11.0. The Morgan fingerprint density at radius 2 is 2.38 bits per heavy atom. The summed E-state index contributed by atoms with van der Waals surface area (Å²) in [7, 11) is -1.12. The summed E-state index contributed by atoms with van der Waals surface area (Å²) in [5.74, 6) is 0. The van der Waals surface area contributed by atoms with Gasteiger partial charge in [-0.25, -0.2) is 4.98 Å². The molecule has 0 aliphatic rings. The van der Waals surface area contributed by atoms with Gasteiger partial charge < -0.3 is 4.55 Å². The second-order valence-electron chi connectivity index (χ2n) is 3.10. The predicted octanol–water partition coefficient (Wildman–Crippen LogP) is 2.68. The Labute approximate surface area is 105 Å². The molecule has 0 radical (unpaired) electrons.